The highest BCUT2D eigenvalue weighted by atomic mass is 28.4. The Morgan fingerprint density at radius 1 is 0.974 bits per heavy atom. The highest BCUT2D eigenvalue weighted by Crippen LogP contribution is 2.40. The zero-order valence-electron chi connectivity index (χ0n) is 24.0. The number of carbonyl (C=O) groups excluding carboxylic acids is 1. The van der Waals surface area contributed by atoms with Crippen LogP contribution in [0.5, 0.6) is 0 Å². The molecule has 1 saturated heterocycles. The number of rotatable bonds is 7. The van der Waals surface area contributed by atoms with Gasteiger partial charge in [0.25, 0.3) is 8.32 Å². The van der Waals surface area contributed by atoms with Crippen molar-refractivity contribution in [1.82, 2.24) is 9.88 Å². The molecule has 1 N–H and O–H groups in total. The fourth-order valence-electron chi connectivity index (χ4n) is 6.08. The molecule has 2 aromatic carbocycles. The van der Waals surface area contributed by atoms with Gasteiger partial charge in [-0.05, 0) is 54.7 Å². The summed E-state index contributed by atoms with van der Waals surface area (Å²) in [6, 6.07) is 26.1. The molecule has 0 saturated carbocycles. The van der Waals surface area contributed by atoms with Crippen LogP contribution < -0.4 is 15.7 Å². The molecule has 0 aliphatic carbocycles. The molecule has 0 spiro atoms. The van der Waals surface area contributed by atoms with Gasteiger partial charge in [-0.25, -0.2) is 4.98 Å². The van der Waals surface area contributed by atoms with Gasteiger partial charge in [-0.3, -0.25) is 9.69 Å². The van der Waals surface area contributed by atoms with Crippen molar-refractivity contribution in [3.05, 3.63) is 85.1 Å². The maximum absolute atomic E-state index is 13.6. The summed E-state index contributed by atoms with van der Waals surface area (Å²) in [5.74, 6) is 3.49. The molecule has 2 heterocycles. The minimum Gasteiger partial charge on any atom is -0.407 e. The van der Waals surface area contributed by atoms with E-state index >= 15 is 0 Å². The summed E-state index contributed by atoms with van der Waals surface area (Å²) in [6.07, 6.45) is 8.48. The summed E-state index contributed by atoms with van der Waals surface area (Å²) in [5.41, 5.74) is -0.310. The van der Waals surface area contributed by atoms with Crippen molar-refractivity contribution in [2.45, 2.75) is 70.6 Å². The lowest BCUT2D eigenvalue weighted by Crippen LogP contribution is -2.67. The predicted molar refractivity (Wildman–Crippen MR) is 163 cm³/mol. The summed E-state index contributed by atoms with van der Waals surface area (Å²) in [6.45, 7) is 13.6. The van der Waals surface area contributed by atoms with Crippen molar-refractivity contribution in [2.24, 2.45) is 5.92 Å². The zero-order valence-corrected chi connectivity index (χ0v) is 25.0. The third kappa shape index (κ3) is 5.86. The Morgan fingerprint density at radius 2 is 1.54 bits per heavy atom. The van der Waals surface area contributed by atoms with Crippen molar-refractivity contribution >= 4 is 30.4 Å². The second kappa shape index (κ2) is 11.5. The molecule has 204 valence electrons. The number of likely N-dealkylation sites (tertiary alicyclic amines) is 1. The van der Waals surface area contributed by atoms with Crippen molar-refractivity contribution in [2.75, 3.05) is 11.9 Å². The van der Waals surface area contributed by atoms with E-state index < -0.39 is 8.32 Å². The van der Waals surface area contributed by atoms with E-state index in [-0.39, 0.29) is 34.5 Å². The molecule has 3 atom stereocenters. The zero-order chi connectivity index (χ0) is 28.3. The number of hydrogen-bond donors (Lipinski definition) is 1. The van der Waals surface area contributed by atoms with Crippen LogP contribution >= 0.6 is 0 Å². The molecule has 3 aromatic rings. The summed E-state index contributed by atoms with van der Waals surface area (Å²) in [5, 5.41) is 5.33. The van der Waals surface area contributed by atoms with E-state index in [1.54, 1.807) is 12.3 Å². The number of anilines is 1. The standard InChI is InChI=1S/C33H41N3O2Si/c1-8-28-25(23-29(36(28)32(2,3)4)31(37)35-30-21-15-16-22-34-30)24-38-39(33(5,6)7,26-17-11-9-12-18-26)27-19-13-10-14-20-27/h1,9-22,25,28-29H,23-24H2,2-7H3,(H,34,35,37)/t25-,28-,29+/m0/s1. The van der Waals surface area contributed by atoms with E-state index in [1.807, 2.05) is 24.3 Å². The fraction of sp³-hybridized carbons (Fsp3) is 0.394. The number of hydrogen-bond acceptors (Lipinski definition) is 4. The van der Waals surface area contributed by atoms with Crippen LogP contribution in [0.25, 0.3) is 0 Å². The molecular weight excluding hydrogens is 498 g/mol. The first-order valence-corrected chi connectivity index (χ1v) is 15.6. The monoisotopic (exact) mass is 539 g/mol. The van der Waals surface area contributed by atoms with Gasteiger partial charge in [0.05, 0.1) is 12.1 Å². The van der Waals surface area contributed by atoms with Gasteiger partial charge in [0, 0.05) is 24.3 Å². The highest BCUT2D eigenvalue weighted by molar-refractivity contribution is 6.99. The lowest BCUT2D eigenvalue weighted by Gasteiger charge is -2.44. The van der Waals surface area contributed by atoms with Crippen LogP contribution in [0.2, 0.25) is 5.04 Å². The minimum absolute atomic E-state index is 0.00430. The number of terminal acetylenes is 1. The first-order valence-electron chi connectivity index (χ1n) is 13.7. The lowest BCUT2D eigenvalue weighted by atomic mass is 9.99. The predicted octanol–water partition coefficient (Wildman–Crippen LogP) is 5.09. The molecular formula is C33H41N3O2Si. The SMILES string of the molecule is C#C[C@H]1[C@H](CO[Si](c2ccccc2)(c2ccccc2)C(C)(C)C)C[C@H](C(=O)Nc2ccccn2)N1C(C)(C)C. The molecule has 5 nitrogen and oxygen atoms in total. The summed E-state index contributed by atoms with van der Waals surface area (Å²) in [7, 11) is -2.73. The molecule has 1 aromatic heterocycles. The summed E-state index contributed by atoms with van der Waals surface area (Å²) < 4.78 is 7.26. The number of pyridine rings is 1. The van der Waals surface area contributed by atoms with Crippen LogP contribution in [0.3, 0.4) is 0 Å². The van der Waals surface area contributed by atoms with Gasteiger partial charge < -0.3 is 9.74 Å². The van der Waals surface area contributed by atoms with Crippen LogP contribution in [0.1, 0.15) is 48.0 Å². The summed E-state index contributed by atoms with van der Waals surface area (Å²) in [4.78, 5) is 20.1. The molecule has 1 aliphatic rings. The molecule has 1 fully saturated rings. The van der Waals surface area contributed by atoms with Crippen molar-refractivity contribution in [3.8, 4) is 12.3 Å². The quantitative estimate of drug-likeness (QED) is 0.336. The van der Waals surface area contributed by atoms with Gasteiger partial charge in [-0.1, -0.05) is 93.4 Å². The third-order valence-corrected chi connectivity index (χ3v) is 12.7. The maximum Gasteiger partial charge on any atom is 0.261 e. The number of nitrogens with zero attached hydrogens (tertiary/aromatic N) is 2. The second-order valence-electron chi connectivity index (χ2n) is 12.4. The number of amides is 1. The number of carbonyl (C=O) groups is 1. The second-order valence-corrected chi connectivity index (χ2v) is 16.7. The van der Waals surface area contributed by atoms with Crippen LogP contribution in [0.4, 0.5) is 5.82 Å². The van der Waals surface area contributed by atoms with Crippen LogP contribution in [0, 0.1) is 18.3 Å². The molecule has 6 heteroatoms. The average Bonchev–Trinajstić information content (AvgIpc) is 3.30. The Labute approximate surface area is 235 Å². The minimum atomic E-state index is -2.73. The smallest absolute Gasteiger partial charge is 0.261 e. The Kier molecular flexibility index (Phi) is 8.46. The lowest BCUT2D eigenvalue weighted by molar-refractivity contribution is -0.122. The van der Waals surface area contributed by atoms with E-state index in [9.17, 15) is 4.79 Å². The van der Waals surface area contributed by atoms with Gasteiger partial charge >= 0.3 is 0 Å². The van der Waals surface area contributed by atoms with Crippen molar-refractivity contribution < 1.29 is 9.22 Å². The fourth-order valence-corrected chi connectivity index (χ4v) is 10.7. The number of nitrogens with one attached hydrogen (secondary N) is 1. The molecule has 39 heavy (non-hydrogen) atoms. The first-order chi connectivity index (χ1) is 18.5. The van der Waals surface area contributed by atoms with Crippen LogP contribution in [0.15, 0.2) is 85.1 Å². The number of aromatic nitrogens is 1. The van der Waals surface area contributed by atoms with Crippen LogP contribution in [-0.4, -0.2) is 48.3 Å². The van der Waals surface area contributed by atoms with Gasteiger partial charge in [0.15, 0.2) is 0 Å². The molecule has 4 rings (SSSR count). The van der Waals surface area contributed by atoms with E-state index in [0.29, 0.717) is 18.8 Å². The Bertz CT molecular complexity index is 1240. The number of benzene rings is 2. The van der Waals surface area contributed by atoms with Crippen molar-refractivity contribution in [1.29, 1.82) is 0 Å². The Morgan fingerprint density at radius 3 is 2.00 bits per heavy atom. The highest BCUT2D eigenvalue weighted by Gasteiger charge is 2.53. The third-order valence-electron chi connectivity index (χ3n) is 7.70. The summed E-state index contributed by atoms with van der Waals surface area (Å²) >= 11 is 0. The van der Waals surface area contributed by atoms with Gasteiger partial charge in [0.2, 0.25) is 5.91 Å². The van der Waals surface area contributed by atoms with E-state index in [2.05, 4.69) is 111 Å². The average molecular weight is 540 g/mol. The van der Waals surface area contributed by atoms with Gasteiger partial charge in [0.1, 0.15) is 5.82 Å². The topological polar surface area (TPSA) is 54.5 Å². The largest absolute Gasteiger partial charge is 0.407 e. The maximum atomic E-state index is 13.6. The van der Waals surface area contributed by atoms with Crippen molar-refractivity contribution in [3.63, 3.8) is 0 Å². The van der Waals surface area contributed by atoms with Gasteiger partial charge in [-0.2, -0.15) is 0 Å². The molecule has 0 unspecified atom stereocenters. The molecule has 0 bridgehead atoms. The van der Waals surface area contributed by atoms with E-state index in [4.69, 9.17) is 10.8 Å². The Balaban J connectivity index is 1.70. The van der Waals surface area contributed by atoms with E-state index in [0.717, 1.165) is 0 Å². The normalized spacial score (nSPS) is 20.4. The first kappa shape index (κ1) is 28.8. The molecule has 0 radical (unpaired) electrons. The molecule has 1 aliphatic heterocycles. The van der Waals surface area contributed by atoms with Crippen LogP contribution in [-0.2, 0) is 9.22 Å². The van der Waals surface area contributed by atoms with E-state index in [1.165, 1.54) is 10.4 Å². The molecule has 1 amide bonds. The van der Waals surface area contributed by atoms with Gasteiger partial charge in [-0.15, -0.1) is 6.42 Å². The Hall–Kier alpha value is -3.24.